The summed E-state index contributed by atoms with van der Waals surface area (Å²) in [6.45, 7) is 4.81. The lowest BCUT2D eigenvalue weighted by Crippen LogP contribution is -2.33. The molecule has 0 aromatic heterocycles. The minimum absolute atomic E-state index is 0.263. The number of ketones is 1. The third-order valence-corrected chi connectivity index (χ3v) is 4.90. The van der Waals surface area contributed by atoms with E-state index in [4.69, 9.17) is 4.74 Å². The summed E-state index contributed by atoms with van der Waals surface area (Å²) < 4.78 is 5.88. The molecule has 22 heavy (non-hydrogen) atoms. The molecule has 3 nitrogen and oxygen atoms in total. The van der Waals surface area contributed by atoms with E-state index in [-0.39, 0.29) is 5.78 Å². The van der Waals surface area contributed by atoms with Crippen LogP contribution in [0.1, 0.15) is 36.3 Å². The number of nitrogens with zero attached hydrogens (tertiary/aromatic N) is 1. The summed E-state index contributed by atoms with van der Waals surface area (Å²) >= 11 is 0. The Balaban J connectivity index is 1.62. The minimum atomic E-state index is 0.263. The molecule has 0 radical (unpaired) electrons. The molecule has 1 aliphatic carbocycles. The summed E-state index contributed by atoms with van der Waals surface area (Å²) in [4.78, 5) is 13.6. The maximum atomic E-state index is 11.4. The van der Waals surface area contributed by atoms with Gasteiger partial charge in [-0.25, -0.2) is 0 Å². The standard InChI is InChI=1S/C19H25NO2/c1-14-5-3-4-6-19(14)16-9-15(12-22-13-16)11-20(2)17-7-8-18(21)10-17/h3-6,10,15-16H,7-9,11-13H2,1-2H3/t15-,16?/m0/s1. The average molecular weight is 299 g/mol. The Bertz CT molecular complexity index is 579. The van der Waals surface area contributed by atoms with Crippen molar-refractivity contribution in [3.05, 3.63) is 47.2 Å². The average Bonchev–Trinajstić information content (AvgIpc) is 2.95. The van der Waals surface area contributed by atoms with Crippen molar-refractivity contribution >= 4 is 5.78 Å². The van der Waals surface area contributed by atoms with Crippen LogP contribution in [-0.4, -0.2) is 37.5 Å². The third-order valence-electron chi connectivity index (χ3n) is 4.90. The van der Waals surface area contributed by atoms with E-state index in [0.717, 1.165) is 32.6 Å². The predicted molar refractivity (Wildman–Crippen MR) is 87.8 cm³/mol. The van der Waals surface area contributed by atoms with Crippen LogP contribution < -0.4 is 0 Å². The van der Waals surface area contributed by atoms with Crippen molar-refractivity contribution in [1.82, 2.24) is 4.90 Å². The van der Waals surface area contributed by atoms with Gasteiger partial charge in [0, 0.05) is 43.6 Å². The first kappa shape index (κ1) is 15.3. The van der Waals surface area contributed by atoms with Crippen LogP contribution in [-0.2, 0) is 9.53 Å². The molecule has 1 aromatic rings. The van der Waals surface area contributed by atoms with Crippen LogP contribution in [0.2, 0.25) is 0 Å². The van der Waals surface area contributed by atoms with Gasteiger partial charge < -0.3 is 9.64 Å². The van der Waals surface area contributed by atoms with Crippen LogP contribution in [0, 0.1) is 12.8 Å². The van der Waals surface area contributed by atoms with E-state index in [2.05, 4.69) is 43.1 Å². The molecule has 2 atom stereocenters. The Morgan fingerprint density at radius 1 is 1.23 bits per heavy atom. The normalized spacial score (nSPS) is 25.2. The Kier molecular flexibility index (Phi) is 4.63. The molecule has 0 spiro atoms. The van der Waals surface area contributed by atoms with Gasteiger partial charge in [0.15, 0.2) is 5.78 Å². The van der Waals surface area contributed by atoms with Crippen LogP contribution in [0.25, 0.3) is 0 Å². The minimum Gasteiger partial charge on any atom is -0.380 e. The summed E-state index contributed by atoms with van der Waals surface area (Å²) in [6, 6.07) is 8.62. The zero-order valence-corrected chi connectivity index (χ0v) is 13.5. The highest BCUT2D eigenvalue weighted by Gasteiger charge is 2.26. The SMILES string of the molecule is Cc1ccccc1C1COC[C@H](CN(C)C2=CC(=O)CC2)C1. The van der Waals surface area contributed by atoms with Crippen molar-refractivity contribution in [3.8, 4) is 0 Å². The lowest BCUT2D eigenvalue weighted by molar-refractivity contribution is -0.114. The Labute approximate surface area is 133 Å². The van der Waals surface area contributed by atoms with Crippen molar-refractivity contribution in [3.63, 3.8) is 0 Å². The van der Waals surface area contributed by atoms with Gasteiger partial charge in [0.1, 0.15) is 0 Å². The van der Waals surface area contributed by atoms with Gasteiger partial charge in [-0.3, -0.25) is 4.79 Å². The molecule has 1 saturated heterocycles. The molecule has 3 rings (SSSR count). The third kappa shape index (κ3) is 3.41. The van der Waals surface area contributed by atoms with E-state index >= 15 is 0 Å². The maximum Gasteiger partial charge on any atom is 0.157 e. The van der Waals surface area contributed by atoms with Crippen molar-refractivity contribution in [2.75, 3.05) is 26.8 Å². The second kappa shape index (κ2) is 6.66. The first-order chi connectivity index (χ1) is 10.6. The molecule has 0 amide bonds. The molecule has 1 unspecified atom stereocenters. The maximum absolute atomic E-state index is 11.4. The molecule has 0 saturated carbocycles. The van der Waals surface area contributed by atoms with Crippen molar-refractivity contribution < 1.29 is 9.53 Å². The van der Waals surface area contributed by atoms with E-state index in [1.807, 2.05) is 6.08 Å². The summed E-state index contributed by atoms with van der Waals surface area (Å²) in [6.07, 6.45) is 4.54. The molecule has 1 fully saturated rings. The van der Waals surface area contributed by atoms with Gasteiger partial charge in [-0.05, 0) is 30.9 Å². The summed E-state index contributed by atoms with van der Waals surface area (Å²) in [5.41, 5.74) is 3.96. The number of allylic oxidation sites excluding steroid dienone is 2. The van der Waals surface area contributed by atoms with Gasteiger partial charge in [-0.1, -0.05) is 24.3 Å². The molecule has 2 aliphatic rings. The second-order valence-electron chi connectivity index (χ2n) is 6.68. The molecule has 0 bridgehead atoms. The van der Waals surface area contributed by atoms with E-state index in [9.17, 15) is 4.79 Å². The van der Waals surface area contributed by atoms with Crippen molar-refractivity contribution in [1.29, 1.82) is 0 Å². The number of carbonyl (C=O) groups is 1. The van der Waals surface area contributed by atoms with Gasteiger partial charge in [0.05, 0.1) is 13.2 Å². The molecular formula is C19H25NO2. The summed E-state index contributed by atoms with van der Waals surface area (Å²) in [5.74, 6) is 1.28. The monoisotopic (exact) mass is 299 g/mol. The van der Waals surface area contributed by atoms with Crippen LogP contribution in [0.4, 0.5) is 0 Å². The summed E-state index contributed by atoms with van der Waals surface area (Å²) in [7, 11) is 2.10. The van der Waals surface area contributed by atoms with Crippen LogP contribution in [0.15, 0.2) is 36.0 Å². The molecule has 3 heteroatoms. The first-order valence-electron chi connectivity index (χ1n) is 8.21. The molecule has 118 valence electrons. The highest BCUT2D eigenvalue weighted by molar-refractivity contribution is 5.92. The van der Waals surface area contributed by atoms with Crippen molar-refractivity contribution in [2.45, 2.75) is 32.1 Å². The van der Waals surface area contributed by atoms with Gasteiger partial charge in [-0.15, -0.1) is 0 Å². The van der Waals surface area contributed by atoms with Crippen LogP contribution >= 0.6 is 0 Å². The first-order valence-corrected chi connectivity index (χ1v) is 8.21. The number of rotatable bonds is 4. The Hall–Kier alpha value is -1.61. The van der Waals surface area contributed by atoms with Crippen molar-refractivity contribution in [2.24, 2.45) is 5.92 Å². The van der Waals surface area contributed by atoms with Crippen LogP contribution in [0.5, 0.6) is 0 Å². The van der Waals surface area contributed by atoms with Gasteiger partial charge >= 0.3 is 0 Å². The lowest BCUT2D eigenvalue weighted by atomic mass is 9.85. The fraction of sp³-hybridized carbons (Fsp3) is 0.526. The van der Waals surface area contributed by atoms with E-state index in [0.29, 0.717) is 18.3 Å². The molecule has 1 heterocycles. The highest BCUT2D eigenvalue weighted by atomic mass is 16.5. The van der Waals surface area contributed by atoms with Crippen LogP contribution in [0.3, 0.4) is 0 Å². The zero-order valence-electron chi connectivity index (χ0n) is 13.5. The molecule has 1 aliphatic heterocycles. The highest BCUT2D eigenvalue weighted by Crippen LogP contribution is 2.31. The number of hydrogen-bond donors (Lipinski definition) is 0. The Morgan fingerprint density at radius 2 is 2.05 bits per heavy atom. The second-order valence-corrected chi connectivity index (χ2v) is 6.68. The Morgan fingerprint density at radius 3 is 2.77 bits per heavy atom. The molecule has 1 aromatic carbocycles. The number of carbonyl (C=O) groups excluding carboxylic acids is 1. The topological polar surface area (TPSA) is 29.5 Å². The molecule has 0 N–H and O–H groups in total. The smallest absolute Gasteiger partial charge is 0.157 e. The zero-order chi connectivity index (χ0) is 15.5. The van der Waals surface area contributed by atoms with Gasteiger partial charge in [0.2, 0.25) is 0 Å². The number of ether oxygens (including phenoxy) is 1. The van der Waals surface area contributed by atoms with E-state index < -0.39 is 0 Å². The quantitative estimate of drug-likeness (QED) is 0.854. The number of aryl methyl sites for hydroxylation is 1. The fourth-order valence-corrected chi connectivity index (χ4v) is 3.69. The van der Waals surface area contributed by atoms with Gasteiger partial charge in [0.25, 0.3) is 0 Å². The van der Waals surface area contributed by atoms with E-state index in [1.54, 1.807) is 0 Å². The van der Waals surface area contributed by atoms with E-state index in [1.165, 1.54) is 16.8 Å². The lowest BCUT2D eigenvalue weighted by Gasteiger charge is -2.33. The largest absolute Gasteiger partial charge is 0.380 e. The fourth-order valence-electron chi connectivity index (χ4n) is 3.69. The van der Waals surface area contributed by atoms with Gasteiger partial charge in [-0.2, -0.15) is 0 Å². The molecular weight excluding hydrogens is 274 g/mol. The number of benzene rings is 1. The number of hydrogen-bond acceptors (Lipinski definition) is 3. The predicted octanol–water partition coefficient (Wildman–Crippen LogP) is 3.29. The summed E-state index contributed by atoms with van der Waals surface area (Å²) in [5, 5.41) is 0.